The monoisotopic (exact) mass is 235 g/mol. The summed E-state index contributed by atoms with van der Waals surface area (Å²) in [5.41, 5.74) is 7.89. The number of nitrogens with one attached hydrogen (secondary N) is 1. The Labute approximate surface area is 86.7 Å². The maximum Gasteiger partial charge on any atom is 0.287 e. The van der Waals surface area contributed by atoms with Gasteiger partial charge in [-0.3, -0.25) is 0 Å². The van der Waals surface area contributed by atoms with Gasteiger partial charge in [-0.2, -0.15) is 0 Å². The zero-order valence-corrected chi connectivity index (χ0v) is 7.61. The third-order valence-corrected chi connectivity index (χ3v) is 1.48. The number of hydrogen-bond donors (Lipinski definition) is 1. The predicted octanol–water partition coefficient (Wildman–Crippen LogP) is 3.14. The Bertz CT molecular complexity index is 417. The van der Waals surface area contributed by atoms with E-state index in [1.807, 2.05) is 0 Å². The van der Waals surface area contributed by atoms with Gasteiger partial charge in [0.25, 0.3) is 6.43 Å². The van der Waals surface area contributed by atoms with Gasteiger partial charge in [0, 0.05) is 11.1 Å². The number of pyridine rings is 1. The Morgan fingerprint density at radius 1 is 1.44 bits per heavy atom. The van der Waals surface area contributed by atoms with Crippen molar-refractivity contribution in [3.8, 4) is 0 Å². The van der Waals surface area contributed by atoms with Crippen molar-refractivity contribution in [2.45, 2.75) is 12.7 Å². The molecule has 9 heteroatoms. The third-order valence-electron chi connectivity index (χ3n) is 1.48. The van der Waals surface area contributed by atoms with E-state index >= 15 is 0 Å². The molecule has 86 valence electrons. The Kier molecular flexibility index (Phi) is 3.90. The Morgan fingerprint density at radius 3 is 2.62 bits per heavy atom. The van der Waals surface area contributed by atoms with Crippen LogP contribution in [0.1, 0.15) is 0 Å². The predicted molar refractivity (Wildman–Crippen MR) is 47.5 cm³/mol. The summed E-state index contributed by atoms with van der Waals surface area (Å²) >= 11 is 0. The van der Waals surface area contributed by atoms with Gasteiger partial charge in [-0.15, -0.1) is 0 Å². The normalized spacial score (nSPS) is 12.1. The molecule has 1 aromatic rings. The van der Waals surface area contributed by atoms with Gasteiger partial charge in [0.2, 0.25) is 6.30 Å². The fourth-order valence-corrected chi connectivity index (χ4v) is 0.834. The summed E-state index contributed by atoms with van der Waals surface area (Å²) in [6.45, 7) is 0. The van der Waals surface area contributed by atoms with Crippen LogP contribution in [0.2, 0.25) is 0 Å². The molecule has 0 fully saturated rings. The van der Waals surface area contributed by atoms with Crippen LogP contribution < -0.4 is 5.32 Å². The first-order valence-electron chi connectivity index (χ1n) is 3.94. The van der Waals surface area contributed by atoms with Gasteiger partial charge in [0.1, 0.15) is 0 Å². The molecule has 0 spiro atoms. The van der Waals surface area contributed by atoms with Crippen molar-refractivity contribution in [2.75, 3.05) is 5.32 Å². The second-order valence-electron chi connectivity index (χ2n) is 2.59. The standard InChI is InChI=1S/C7H5F4N5/c8-4-1-3(15-16-12)2-13-7(4)14-6(11)5(9)10/h1-2,5-6H,(H,13,14). The van der Waals surface area contributed by atoms with Crippen molar-refractivity contribution < 1.29 is 17.6 Å². The third kappa shape index (κ3) is 2.99. The molecule has 5 nitrogen and oxygen atoms in total. The van der Waals surface area contributed by atoms with Crippen molar-refractivity contribution >= 4 is 11.5 Å². The lowest BCUT2D eigenvalue weighted by molar-refractivity contribution is 0.0647. The summed E-state index contributed by atoms with van der Waals surface area (Å²) < 4.78 is 49.2. The fourth-order valence-electron chi connectivity index (χ4n) is 0.834. The second kappa shape index (κ2) is 5.17. The Morgan fingerprint density at radius 2 is 2.12 bits per heavy atom. The molecule has 0 saturated carbocycles. The van der Waals surface area contributed by atoms with Crippen LogP contribution in [-0.2, 0) is 0 Å². The van der Waals surface area contributed by atoms with Gasteiger partial charge in [-0.25, -0.2) is 22.5 Å². The molecule has 16 heavy (non-hydrogen) atoms. The molecule has 0 bridgehead atoms. The highest BCUT2D eigenvalue weighted by Crippen LogP contribution is 2.19. The molecule has 1 aromatic heterocycles. The molecule has 0 aromatic carbocycles. The first-order chi connectivity index (χ1) is 7.54. The average Bonchev–Trinajstić information content (AvgIpc) is 2.22. The van der Waals surface area contributed by atoms with Crippen LogP contribution in [-0.4, -0.2) is 17.7 Å². The number of hydrogen-bond acceptors (Lipinski definition) is 3. The summed E-state index contributed by atoms with van der Waals surface area (Å²) in [4.78, 5) is 5.66. The molecular formula is C7H5F4N5. The van der Waals surface area contributed by atoms with Crippen molar-refractivity contribution in [2.24, 2.45) is 5.11 Å². The lowest BCUT2D eigenvalue weighted by Crippen LogP contribution is -2.23. The minimum absolute atomic E-state index is 0.141. The fraction of sp³-hybridized carbons (Fsp3) is 0.286. The number of halogens is 4. The molecule has 0 radical (unpaired) electrons. The lowest BCUT2D eigenvalue weighted by Gasteiger charge is -2.10. The van der Waals surface area contributed by atoms with Gasteiger partial charge >= 0.3 is 0 Å². The van der Waals surface area contributed by atoms with Crippen molar-refractivity contribution in [3.63, 3.8) is 0 Å². The molecule has 1 atom stereocenters. The zero-order chi connectivity index (χ0) is 12.1. The van der Waals surface area contributed by atoms with Crippen molar-refractivity contribution in [1.82, 2.24) is 4.98 Å². The molecular weight excluding hydrogens is 230 g/mol. The first kappa shape index (κ1) is 12.1. The van der Waals surface area contributed by atoms with E-state index in [-0.39, 0.29) is 5.69 Å². The summed E-state index contributed by atoms with van der Waals surface area (Å²) in [6.07, 6.45) is -5.09. The highest BCUT2D eigenvalue weighted by atomic mass is 19.3. The van der Waals surface area contributed by atoms with E-state index in [0.717, 1.165) is 12.3 Å². The van der Waals surface area contributed by atoms with E-state index in [4.69, 9.17) is 5.53 Å². The van der Waals surface area contributed by atoms with Crippen LogP contribution in [0, 0.1) is 5.82 Å². The van der Waals surface area contributed by atoms with Gasteiger partial charge in [0.05, 0.1) is 5.69 Å². The molecule has 1 rings (SSSR count). The summed E-state index contributed by atoms with van der Waals surface area (Å²) in [7, 11) is 0. The molecule has 0 aliphatic heterocycles. The summed E-state index contributed by atoms with van der Waals surface area (Å²) in [6, 6.07) is 0.743. The van der Waals surface area contributed by atoms with Crippen LogP contribution in [0.15, 0.2) is 17.4 Å². The van der Waals surface area contributed by atoms with E-state index in [0.29, 0.717) is 0 Å². The van der Waals surface area contributed by atoms with E-state index in [2.05, 4.69) is 15.0 Å². The molecule has 1 N–H and O–H groups in total. The molecule has 0 aliphatic rings. The van der Waals surface area contributed by atoms with Gasteiger partial charge in [0.15, 0.2) is 11.6 Å². The van der Waals surface area contributed by atoms with Crippen LogP contribution in [0.5, 0.6) is 0 Å². The van der Waals surface area contributed by atoms with E-state index < -0.39 is 24.4 Å². The van der Waals surface area contributed by atoms with Gasteiger partial charge in [-0.1, -0.05) is 5.11 Å². The number of aromatic nitrogens is 1. The van der Waals surface area contributed by atoms with Crippen LogP contribution in [0.3, 0.4) is 0 Å². The molecule has 0 saturated heterocycles. The minimum Gasteiger partial charge on any atom is -0.334 e. The molecule has 0 aliphatic carbocycles. The topological polar surface area (TPSA) is 73.7 Å². The van der Waals surface area contributed by atoms with Crippen LogP contribution >= 0.6 is 0 Å². The number of nitrogens with zero attached hydrogens (tertiary/aromatic N) is 4. The molecule has 1 heterocycles. The lowest BCUT2D eigenvalue weighted by atomic mass is 10.4. The SMILES string of the molecule is [N-]=[N+]=Nc1cnc(NC(F)C(F)F)c(F)c1. The Balaban J connectivity index is 2.87. The smallest absolute Gasteiger partial charge is 0.287 e. The van der Waals surface area contributed by atoms with Gasteiger partial charge < -0.3 is 5.32 Å². The quantitative estimate of drug-likeness (QED) is 0.286. The summed E-state index contributed by atoms with van der Waals surface area (Å²) in [5, 5.41) is 4.57. The number of azide groups is 1. The van der Waals surface area contributed by atoms with Gasteiger partial charge in [-0.05, 0) is 11.6 Å². The minimum atomic E-state index is -3.29. The number of anilines is 1. The van der Waals surface area contributed by atoms with Crippen LogP contribution in [0.4, 0.5) is 29.1 Å². The average molecular weight is 235 g/mol. The molecule has 1 unspecified atom stereocenters. The second-order valence-corrected chi connectivity index (χ2v) is 2.59. The first-order valence-corrected chi connectivity index (χ1v) is 3.94. The summed E-state index contributed by atoms with van der Waals surface area (Å²) in [5.74, 6) is -1.77. The van der Waals surface area contributed by atoms with Crippen molar-refractivity contribution in [3.05, 3.63) is 28.5 Å². The van der Waals surface area contributed by atoms with E-state index in [1.165, 1.54) is 0 Å². The highest BCUT2D eigenvalue weighted by Gasteiger charge is 2.20. The van der Waals surface area contributed by atoms with E-state index in [9.17, 15) is 17.6 Å². The number of alkyl halides is 3. The van der Waals surface area contributed by atoms with Crippen LogP contribution in [0.25, 0.3) is 10.4 Å². The molecule has 0 amide bonds. The largest absolute Gasteiger partial charge is 0.334 e. The maximum atomic E-state index is 13.1. The van der Waals surface area contributed by atoms with E-state index in [1.54, 1.807) is 5.32 Å². The van der Waals surface area contributed by atoms with Crippen molar-refractivity contribution in [1.29, 1.82) is 0 Å². The Hall–Kier alpha value is -2.02. The highest BCUT2D eigenvalue weighted by molar-refractivity contribution is 5.45. The maximum absolute atomic E-state index is 13.1. The number of rotatable bonds is 4. The zero-order valence-electron chi connectivity index (χ0n) is 7.61.